The maximum atomic E-state index is 12.8. The van der Waals surface area contributed by atoms with Gasteiger partial charge in [0.1, 0.15) is 15.6 Å². The molecule has 8 heteroatoms. The fourth-order valence-electron chi connectivity index (χ4n) is 3.02. The van der Waals surface area contributed by atoms with Crippen LogP contribution in [0, 0.1) is 0 Å². The Morgan fingerprint density at radius 2 is 2.12 bits per heavy atom. The molecule has 0 bridgehead atoms. The van der Waals surface area contributed by atoms with Gasteiger partial charge < -0.3 is 14.6 Å². The molecule has 2 aliphatic rings. The highest BCUT2D eigenvalue weighted by Crippen LogP contribution is 2.29. The molecule has 0 spiro atoms. The Balaban J connectivity index is 1.69. The predicted octanol–water partition coefficient (Wildman–Crippen LogP) is 2.94. The lowest BCUT2D eigenvalue weighted by Gasteiger charge is -2.26. The summed E-state index contributed by atoms with van der Waals surface area (Å²) in [7, 11) is 0. The third-order valence-corrected chi connectivity index (χ3v) is 5.39. The van der Waals surface area contributed by atoms with E-state index in [-0.39, 0.29) is 11.8 Å². The van der Waals surface area contributed by atoms with Gasteiger partial charge in [0.05, 0.1) is 4.91 Å². The third kappa shape index (κ3) is 3.19. The first-order valence-electron chi connectivity index (χ1n) is 8.03. The minimum absolute atomic E-state index is 0.0551. The largest absolute Gasteiger partial charge is 0.456 e. The molecule has 4 heterocycles. The second-order valence-electron chi connectivity index (χ2n) is 5.96. The number of hydrogen-bond donors (Lipinski definition) is 1. The number of carbonyl (C=O) groups is 2. The summed E-state index contributed by atoms with van der Waals surface area (Å²) in [6.45, 7) is 1.53. The fourth-order valence-corrected chi connectivity index (χ4v) is 4.05. The van der Waals surface area contributed by atoms with Gasteiger partial charge in [0.2, 0.25) is 0 Å². The number of pyridine rings is 1. The Bertz CT molecular complexity index is 913. The molecule has 4 rings (SSSR count). The molecule has 1 N–H and O–H groups in total. The normalized spacial score (nSPS) is 19.7. The Morgan fingerprint density at radius 3 is 2.84 bits per heavy atom. The van der Waals surface area contributed by atoms with Crippen molar-refractivity contribution in [2.45, 2.75) is 19.3 Å². The number of thiocarbonyl (C=S) groups is 1. The monoisotopic (exact) mass is 373 g/mol. The van der Waals surface area contributed by atoms with Gasteiger partial charge >= 0.3 is 0 Å². The molecule has 2 aromatic heterocycles. The second kappa shape index (κ2) is 6.61. The Kier molecular flexibility index (Phi) is 4.30. The molecule has 0 atom stereocenters. The molecule has 0 saturated carbocycles. The molecular formula is C17H15N3O3S2. The van der Waals surface area contributed by atoms with Crippen molar-refractivity contribution in [2.24, 2.45) is 0 Å². The summed E-state index contributed by atoms with van der Waals surface area (Å²) in [5.41, 5.74) is 0.964. The van der Waals surface area contributed by atoms with E-state index >= 15 is 0 Å². The highest BCUT2D eigenvalue weighted by Gasteiger charge is 2.24. The van der Waals surface area contributed by atoms with Crippen molar-refractivity contribution in [2.75, 3.05) is 13.1 Å². The molecule has 25 heavy (non-hydrogen) atoms. The smallest absolute Gasteiger partial charge is 0.263 e. The van der Waals surface area contributed by atoms with Crippen LogP contribution in [0.1, 0.15) is 35.4 Å². The van der Waals surface area contributed by atoms with E-state index in [1.54, 1.807) is 24.5 Å². The van der Waals surface area contributed by atoms with E-state index in [0.29, 0.717) is 26.1 Å². The van der Waals surface area contributed by atoms with Gasteiger partial charge in [-0.25, -0.2) is 0 Å². The first-order valence-corrected chi connectivity index (χ1v) is 9.26. The number of aromatic nitrogens is 1. The average molecular weight is 373 g/mol. The number of furan rings is 1. The van der Waals surface area contributed by atoms with E-state index < -0.39 is 0 Å². The molecule has 128 valence electrons. The molecule has 2 fully saturated rings. The van der Waals surface area contributed by atoms with Crippen molar-refractivity contribution in [3.05, 3.63) is 34.7 Å². The summed E-state index contributed by atoms with van der Waals surface area (Å²) >= 11 is 6.17. The second-order valence-corrected chi connectivity index (χ2v) is 7.68. The van der Waals surface area contributed by atoms with Crippen LogP contribution in [0.15, 0.2) is 27.8 Å². The number of hydrogen-bond acceptors (Lipinski definition) is 6. The Hall–Kier alpha value is -2.19. The first kappa shape index (κ1) is 16.3. The molecule has 2 saturated heterocycles. The minimum atomic E-state index is -0.238. The lowest BCUT2D eigenvalue weighted by molar-refractivity contribution is -0.115. The molecule has 2 aliphatic heterocycles. The van der Waals surface area contributed by atoms with Crippen LogP contribution in [0.25, 0.3) is 17.0 Å². The maximum Gasteiger partial charge on any atom is 0.263 e. The zero-order chi connectivity index (χ0) is 17.4. The standard InChI is InChI=1S/C17H15N3O3S2/c21-15-13(25-17(24)19-15)7-11-6-10-8-18-9-12(14(10)23-11)16(22)20-4-2-1-3-5-20/h6-9H,1-5H2,(H,19,21,24). The van der Waals surface area contributed by atoms with Crippen molar-refractivity contribution >= 4 is 57.2 Å². The van der Waals surface area contributed by atoms with Crippen molar-refractivity contribution < 1.29 is 14.0 Å². The van der Waals surface area contributed by atoms with Crippen LogP contribution in [0.3, 0.4) is 0 Å². The summed E-state index contributed by atoms with van der Waals surface area (Å²) in [6, 6.07) is 1.78. The summed E-state index contributed by atoms with van der Waals surface area (Å²) in [6.07, 6.45) is 8.04. The number of nitrogens with one attached hydrogen (secondary N) is 1. The van der Waals surface area contributed by atoms with Gasteiger partial charge in [0.25, 0.3) is 11.8 Å². The van der Waals surface area contributed by atoms with Gasteiger partial charge in [0, 0.05) is 36.9 Å². The summed E-state index contributed by atoms with van der Waals surface area (Å²) in [4.78, 5) is 31.1. The topological polar surface area (TPSA) is 75.4 Å². The molecule has 0 aromatic carbocycles. The number of piperidine rings is 1. The molecule has 0 radical (unpaired) electrons. The van der Waals surface area contributed by atoms with Crippen LogP contribution in [-0.4, -0.2) is 39.1 Å². The van der Waals surface area contributed by atoms with E-state index in [1.165, 1.54) is 11.8 Å². The number of thioether (sulfide) groups is 1. The van der Waals surface area contributed by atoms with Crippen molar-refractivity contribution in [3.63, 3.8) is 0 Å². The number of fused-ring (bicyclic) bond motifs is 1. The van der Waals surface area contributed by atoms with Crippen LogP contribution >= 0.6 is 24.0 Å². The van der Waals surface area contributed by atoms with Crippen molar-refractivity contribution in [1.82, 2.24) is 15.2 Å². The van der Waals surface area contributed by atoms with E-state index in [1.807, 2.05) is 4.90 Å². The molecule has 0 unspecified atom stereocenters. The van der Waals surface area contributed by atoms with Gasteiger partial charge in [-0.15, -0.1) is 0 Å². The zero-order valence-corrected chi connectivity index (χ0v) is 14.9. The highest BCUT2D eigenvalue weighted by atomic mass is 32.2. The van der Waals surface area contributed by atoms with Gasteiger partial charge in [-0.1, -0.05) is 24.0 Å². The zero-order valence-electron chi connectivity index (χ0n) is 13.3. The Labute approximate surface area is 153 Å². The fraction of sp³-hybridized carbons (Fsp3) is 0.294. The van der Waals surface area contributed by atoms with Crippen molar-refractivity contribution in [3.8, 4) is 0 Å². The van der Waals surface area contributed by atoms with E-state index in [2.05, 4.69) is 10.3 Å². The van der Waals surface area contributed by atoms with Crippen LogP contribution in [0.4, 0.5) is 0 Å². The van der Waals surface area contributed by atoms with E-state index in [9.17, 15) is 9.59 Å². The molecule has 2 amide bonds. The highest BCUT2D eigenvalue weighted by molar-refractivity contribution is 8.26. The van der Waals surface area contributed by atoms with E-state index in [4.69, 9.17) is 16.6 Å². The lowest BCUT2D eigenvalue weighted by Crippen LogP contribution is -2.35. The number of likely N-dealkylation sites (tertiary alicyclic amines) is 1. The van der Waals surface area contributed by atoms with Gasteiger partial charge in [-0.3, -0.25) is 14.6 Å². The summed E-state index contributed by atoms with van der Waals surface area (Å²) in [5.74, 6) is 0.205. The molecule has 0 aliphatic carbocycles. The first-order chi connectivity index (χ1) is 12.1. The Morgan fingerprint density at radius 1 is 1.32 bits per heavy atom. The molecule has 2 aromatic rings. The third-order valence-electron chi connectivity index (χ3n) is 4.23. The number of carbonyl (C=O) groups excluding carboxylic acids is 2. The SMILES string of the molecule is O=C1NC(=S)SC1=Cc1cc2cncc(C(=O)N3CCCCC3)c2o1. The van der Waals surface area contributed by atoms with Crippen LogP contribution in [0.2, 0.25) is 0 Å². The predicted molar refractivity (Wildman–Crippen MR) is 100 cm³/mol. The lowest BCUT2D eigenvalue weighted by atomic mass is 10.1. The number of nitrogens with zero attached hydrogens (tertiary/aromatic N) is 2. The van der Waals surface area contributed by atoms with Crippen LogP contribution < -0.4 is 5.32 Å². The molecule has 6 nitrogen and oxygen atoms in total. The van der Waals surface area contributed by atoms with Gasteiger partial charge in [0.15, 0.2) is 5.58 Å². The molecular weight excluding hydrogens is 358 g/mol. The summed E-state index contributed by atoms with van der Waals surface area (Å²) in [5, 5.41) is 3.30. The quantitative estimate of drug-likeness (QED) is 0.644. The van der Waals surface area contributed by atoms with Crippen LogP contribution in [0.5, 0.6) is 0 Å². The van der Waals surface area contributed by atoms with E-state index in [0.717, 1.165) is 37.7 Å². The van der Waals surface area contributed by atoms with Crippen molar-refractivity contribution in [1.29, 1.82) is 0 Å². The van der Waals surface area contributed by atoms with Crippen LogP contribution in [-0.2, 0) is 4.79 Å². The number of amides is 2. The average Bonchev–Trinajstić information content (AvgIpc) is 3.17. The minimum Gasteiger partial charge on any atom is -0.456 e. The van der Waals surface area contributed by atoms with Gasteiger partial charge in [-0.05, 0) is 25.3 Å². The maximum absolute atomic E-state index is 12.8. The number of rotatable bonds is 2. The van der Waals surface area contributed by atoms with Gasteiger partial charge in [-0.2, -0.15) is 0 Å². The summed E-state index contributed by atoms with van der Waals surface area (Å²) < 4.78 is 6.28.